The van der Waals surface area contributed by atoms with Crippen molar-refractivity contribution in [3.05, 3.63) is 53.6 Å². The van der Waals surface area contributed by atoms with E-state index in [0.717, 1.165) is 43.6 Å². The quantitative estimate of drug-likeness (QED) is 0.796. The predicted octanol–water partition coefficient (Wildman–Crippen LogP) is 4.66. The second-order valence-electron chi connectivity index (χ2n) is 6.64. The molecule has 0 saturated carbocycles. The molecular formula is C20H22F3N3O. The second-order valence-corrected chi connectivity index (χ2v) is 6.64. The Balaban J connectivity index is 1.75. The molecule has 0 aromatic heterocycles. The Bertz CT molecular complexity index is 814. The topological polar surface area (TPSA) is 44.4 Å². The fourth-order valence-electron chi connectivity index (χ4n) is 3.17. The normalized spacial score (nSPS) is 14.3. The van der Waals surface area contributed by atoms with Gasteiger partial charge < -0.3 is 15.5 Å². The van der Waals surface area contributed by atoms with Crippen molar-refractivity contribution in [2.75, 3.05) is 35.2 Å². The van der Waals surface area contributed by atoms with Crippen LogP contribution in [0.2, 0.25) is 0 Å². The van der Waals surface area contributed by atoms with E-state index in [9.17, 15) is 18.0 Å². The van der Waals surface area contributed by atoms with Gasteiger partial charge in [0.15, 0.2) is 0 Å². The van der Waals surface area contributed by atoms with E-state index < -0.39 is 11.7 Å². The van der Waals surface area contributed by atoms with Gasteiger partial charge >= 0.3 is 6.18 Å². The van der Waals surface area contributed by atoms with Crippen LogP contribution in [0.15, 0.2) is 42.5 Å². The summed E-state index contributed by atoms with van der Waals surface area (Å²) in [7, 11) is 0. The van der Waals surface area contributed by atoms with Gasteiger partial charge in [-0.1, -0.05) is 18.2 Å². The first-order valence-corrected chi connectivity index (χ1v) is 8.90. The van der Waals surface area contributed by atoms with Crippen LogP contribution in [0.4, 0.5) is 30.2 Å². The van der Waals surface area contributed by atoms with Crippen molar-refractivity contribution in [1.82, 2.24) is 0 Å². The van der Waals surface area contributed by atoms with Crippen LogP contribution in [0, 0.1) is 6.92 Å². The number of nitrogens with zero attached hydrogens (tertiary/aromatic N) is 1. The molecule has 1 amide bonds. The van der Waals surface area contributed by atoms with Crippen molar-refractivity contribution in [2.45, 2.75) is 25.9 Å². The largest absolute Gasteiger partial charge is 0.416 e. The molecule has 1 saturated heterocycles. The van der Waals surface area contributed by atoms with E-state index in [2.05, 4.69) is 10.6 Å². The first kappa shape index (κ1) is 19.1. The van der Waals surface area contributed by atoms with Gasteiger partial charge in [0.1, 0.15) is 0 Å². The van der Waals surface area contributed by atoms with Gasteiger partial charge in [-0.25, -0.2) is 0 Å². The van der Waals surface area contributed by atoms with Gasteiger partial charge in [-0.3, -0.25) is 4.79 Å². The minimum Gasteiger partial charge on any atom is -0.374 e. The highest BCUT2D eigenvalue weighted by molar-refractivity contribution is 5.95. The third kappa shape index (κ3) is 4.72. The van der Waals surface area contributed by atoms with Crippen molar-refractivity contribution >= 4 is 23.0 Å². The summed E-state index contributed by atoms with van der Waals surface area (Å²) >= 11 is 0. The highest BCUT2D eigenvalue weighted by atomic mass is 19.4. The number of anilines is 3. The summed E-state index contributed by atoms with van der Waals surface area (Å²) < 4.78 is 39.3. The highest BCUT2D eigenvalue weighted by Gasteiger charge is 2.31. The number of para-hydroxylation sites is 1. The van der Waals surface area contributed by atoms with E-state index in [1.54, 1.807) is 6.07 Å². The maximum absolute atomic E-state index is 13.1. The molecule has 3 rings (SSSR count). The molecule has 1 aliphatic rings. The summed E-state index contributed by atoms with van der Waals surface area (Å²) in [4.78, 5) is 14.3. The Kier molecular flexibility index (Phi) is 5.58. The smallest absolute Gasteiger partial charge is 0.374 e. The number of hydrogen-bond acceptors (Lipinski definition) is 3. The Morgan fingerprint density at radius 1 is 1.07 bits per heavy atom. The van der Waals surface area contributed by atoms with Crippen molar-refractivity contribution in [2.24, 2.45) is 0 Å². The van der Waals surface area contributed by atoms with Gasteiger partial charge in [0.2, 0.25) is 5.91 Å². The molecule has 2 N–H and O–H groups in total. The number of rotatable bonds is 5. The number of halogens is 3. The van der Waals surface area contributed by atoms with E-state index in [-0.39, 0.29) is 12.5 Å². The second kappa shape index (κ2) is 7.90. The van der Waals surface area contributed by atoms with E-state index >= 15 is 0 Å². The van der Waals surface area contributed by atoms with Gasteiger partial charge in [-0.15, -0.1) is 0 Å². The Hall–Kier alpha value is -2.70. The molecule has 0 bridgehead atoms. The summed E-state index contributed by atoms with van der Waals surface area (Å²) in [6.07, 6.45) is -2.41. The molecule has 1 heterocycles. The van der Waals surface area contributed by atoms with Gasteiger partial charge in [-0.05, 0) is 49.6 Å². The number of aryl methyl sites for hydroxylation is 1. The third-order valence-electron chi connectivity index (χ3n) is 4.63. The molecule has 144 valence electrons. The fourth-order valence-corrected chi connectivity index (χ4v) is 3.17. The van der Waals surface area contributed by atoms with Crippen LogP contribution < -0.4 is 15.5 Å². The van der Waals surface area contributed by atoms with Gasteiger partial charge in [0.05, 0.1) is 23.5 Å². The van der Waals surface area contributed by atoms with Crippen molar-refractivity contribution in [3.8, 4) is 0 Å². The number of alkyl halides is 3. The lowest BCUT2D eigenvalue weighted by molar-refractivity contribution is -0.137. The van der Waals surface area contributed by atoms with Crippen molar-refractivity contribution in [3.63, 3.8) is 0 Å². The molecule has 0 radical (unpaired) electrons. The molecule has 1 fully saturated rings. The number of carbonyl (C=O) groups excluding carboxylic acids is 1. The Morgan fingerprint density at radius 2 is 1.78 bits per heavy atom. The predicted molar refractivity (Wildman–Crippen MR) is 101 cm³/mol. The zero-order chi connectivity index (χ0) is 19.4. The Morgan fingerprint density at radius 3 is 2.44 bits per heavy atom. The van der Waals surface area contributed by atoms with E-state index in [0.29, 0.717) is 17.1 Å². The van der Waals surface area contributed by atoms with Crippen LogP contribution in [-0.2, 0) is 11.0 Å². The van der Waals surface area contributed by atoms with Crippen LogP contribution in [0.1, 0.15) is 24.0 Å². The SMILES string of the molecule is Cc1ccccc1NC(=O)CNc1cc(C(F)(F)F)ccc1N1CCCC1. The minimum absolute atomic E-state index is 0.115. The Labute approximate surface area is 156 Å². The van der Waals surface area contributed by atoms with Gasteiger partial charge in [0, 0.05) is 18.8 Å². The summed E-state index contributed by atoms with van der Waals surface area (Å²) in [6.45, 7) is 3.36. The van der Waals surface area contributed by atoms with Crippen molar-refractivity contribution in [1.29, 1.82) is 0 Å². The summed E-state index contributed by atoms with van der Waals surface area (Å²) in [5.41, 5.74) is 1.90. The van der Waals surface area contributed by atoms with Crippen LogP contribution in [0.25, 0.3) is 0 Å². The standard InChI is InChI=1S/C20H22F3N3O/c1-14-6-2-3-7-16(14)25-19(27)13-24-17-12-15(20(21,22)23)8-9-18(17)26-10-4-5-11-26/h2-3,6-9,12,24H,4-5,10-11,13H2,1H3,(H,25,27). The molecule has 1 aliphatic heterocycles. The van der Waals surface area contributed by atoms with Crippen molar-refractivity contribution < 1.29 is 18.0 Å². The molecule has 0 atom stereocenters. The summed E-state index contributed by atoms with van der Waals surface area (Å²) in [5, 5.41) is 5.67. The molecular weight excluding hydrogens is 355 g/mol. The number of hydrogen-bond donors (Lipinski definition) is 2. The molecule has 4 nitrogen and oxygen atoms in total. The van der Waals surface area contributed by atoms with E-state index in [1.165, 1.54) is 6.07 Å². The number of benzene rings is 2. The summed E-state index contributed by atoms with van der Waals surface area (Å²) in [5.74, 6) is -0.311. The van der Waals surface area contributed by atoms with Crippen LogP contribution in [0.5, 0.6) is 0 Å². The maximum atomic E-state index is 13.1. The highest BCUT2D eigenvalue weighted by Crippen LogP contribution is 2.36. The minimum atomic E-state index is -4.43. The monoisotopic (exact) mass is 377 g/mol. The zero-order valence-electron chi connectivity index (χ0n) is 15.1. The maximum Gasteiger partial charge on any atom is 0.416 e. The lowest BCUT2D eigenvalue weighted by Gasteiger charge is -2.23. The lowest BCUT2D eigenvalue weighted by Crippen LogP contribution is -2.25. The zero-order valence-corrected chi connectivity index (χ0v) is 15.1. The molecule has 2 aromatic carbocycles. The average molecular weight is 377 g/mol. The van der Waals surface area contributed by atoms with Crippen LogP contribution in [-0.4, -0.2) is 25.5 Å². The number of nitrogens with one attached hydrogen (secondary N) is 2. The lowest BCUT2D eigenvalue weighted by atomic mass is 10.1. The molecule has 2 aromatic rings. The number of carbonyl (C=O) groups is 1. The van der Waals surface area contributed by atoms with E-state index in [1.807, 2.05) is 30.0 Å². The van der Waals surface area contributed by atoms with Gasteiger partial charge in [-0.2, -0.15) is 13.2 Å². The molecule has 0 aliphatic carbocycles. The van der Waals surface area contributed by atoms with E-state index in [4.69, 9.17) is 0 Å². The summed E-state index contributed by atoms with van der Waals surface area (Å²) in [6, 6.07) is 11.0. The molecule has 0 unspecified atom stereocenters. The third-order valence-corrected chi connectivity index (χ3v) is 4.63. The average Bonchev–Trinajstić information content (AvgIpc) is 3.15. The molecule has 27 heavy (non-hydrogen) atoms. The fraction of sp³-hybridized carbons (Fsp3) is 0.350. The first-order chi connectivity index (χ1) is 12.8. The first-order valence-electron chi connectivity index (χ1n) is 8.90. The van der Waals surface area contributed by atoms with Gasteiger partial charge in [0.25, 0.3) is 0 Å². The van der Waals surface area contributed by atoms with Crippen LogP contribution >= 0.6 is 0 Å². The molecule has 7 heteroatoms. The van der Waals surface area contributed by atoms with Crippen LogP contribution in [0.3, 0.4) is 0 Å². The molecule has 0 spiro atoms. The number of amides is 1.